The molecule has 5 rings (SSSR count). The van der Waals surface area contributed by atoms with E-state index >= 15 is 0 Å². The molecule has 0 spiro atoms. The summed E-state index contributed by atoms with van der Waals surface area (Å²) in [5, 5.41) is 4.30. The van der Waals surface area contributed by atoms with Gasteiger partial charge < -0.3 is 4.74 Å². The van der Waals surface area contributed by atoms with Crippen molar-refractivity contribution in [2.45, 2.75) is 13.3 Å². The van der Waals surface area contributed by atoms with Gasteiger partial charge in [0.25, 0.3) is 0 Å². The number of aryl methyl sites for hydroxylation is 1. The van der Waals surface area contributed by atoms with Gasteiger partial charge in [-0.3, -0.25) is 4.98 Å². The molecule has 1 aliphatic rings. The number of hydrogen-bond donors (Lipinski definition) is 2. The van der Waals surface area contributed by atoms with Gasteiger partial charge in [-0.2, -0.15) is 0 Å². The van der Waals surface area contributed by atoms with Crippen LogP contribution in [0.5, 0.6) is 5.75 Å². The fraction of sp³-hybridized carbons (Fsp3) is 0.143. The van der Waals surface area contributed by atoms with Gasteiger partial charge in [0.1, 0.15) is 5.75 Å². The summed E-state index contributed by atoms with van der Waals surface area (Å²) in [7, 11) is 1.65. The number of pyridine rings is 1. The number of aromatic nitrogens is 5. The Bertz CT molecular complexity index is 1310. The van der Waals surface area contributed by atoms with Gasteiger partial charge in [0.15, 0.2) is 0 Å². The van der Waals surface area contributed by atoms with Crippen LogP contribution in [0, 0.1) is 6.92 Å². The Kier molecular flexibility index (Phi) is 5.55. The molecule has 0 unspecified atom stereocenters. The summed E-state index contributed by atoms with van der Waals surface area (Å²) in [4.78, 5) is 13.7. The number of ether oxygens (including phenoxy) is 1. The molecule has 0 amide bonds. The maximum atomic E-state index is 5.40. The van der Waals surface area contributed by atoms with Gasteiger partial charge in [-0.25, -0.2) is 0 Å². The van der Waals surface area contributed by atoms with Crippen LogP contribution in [0.15, 0.2) is 53.1 Å². The third kappa shape index (κ3) is 4.12. The predicted molar refractivity (Wildman–Crippen MR) is 117 cm³/mol. The van der Waals surface area contributed by atoms with Gasteiger partial charge in [-0.1, -0.05) is 0 Å². The molecule has 8 nitrogen and oxygen atoms in total. The van der Waals surface area contributed by atoms with Gasteiger partial charge in [0.2, 0.25) is 0 Å². The molecule has 5 heterocycles. The standard InChI is InChI=1S/C21H19IN7OS/c1-13-12-29-17(14-5-6-22-25-10-14)11-24-21(29)20(26-13)27-19-9-15(28-31-19)8-16-18(30-2)4-3-7-23-16/h3-7,9-12,25H,8H2,1-2H3,(H,26,27)/q-1. The van der Waals surface area contributed by atoms with Crippen LogP contribution < -0.4 is 35.1 Å². The summed E-state index contributed by atoms with van der Waals surface area (Å²) in [6.07, 6.45) is 10.5. The molecular formula is C21H19IN7OS-. The summed E-state index contributed by atoms with van der Waals surface area (Å²) in [5.74, 6) is 1.47. The Hall–Kier alpha value is -2.99. The Morgan fingerprint density at radius 2 is 2.26 bits per heavy atom. The van der Waals surface area contributed by atoms with Crippen LogP contribution in [0.2, 0.25) is 0 Å². The van der Waals surface area contributed by atoms with E-state index in [9.17, 15) is 0 Å². The molecule has 4 aromatic heterocycles. The van der Waals surface area contributed by atoms with E-state index in [0.717, 1.165) is 44.7 Å². The molecule has 4 aromatic rings. The zero-order chi connectivity index (χ0) is 21.2. The molecule has 2 N–H and O–H groups in total. The second-order valence-corrected chi connectivity index (χ2v) is 9.58. The Morgan fingerprint density at radius 3 is 3.10 bits per heavy atom. The molecule has 0 saturated carbocycles. The quantitative estimate of drug-likeness (QED) is 0.273. The van der Waals surface area contributed by atoms with Crippen LogP contribution in [-0.2, 0) is 6.42 Å². The van der Waals surface area contributed by atoms with Crippen LogP contribution in [0.4, 0.5) is 10.8 Å². The molecule has 10 heteroatoms. The van der Waals surface area contributed by atoms with Gasteiger partial charge in [0, 0.05) is 6.20 Å². The number of allylic oxidation sites excluding steroid dienone is 2. The Balaban J connectivity index is 1.43. The molecule has 0 aliphatic carbocycles. The third-order valence-electron chi connectivity index (χ3n) is 4.70. The van der Waals surface area contributed by atoms with E-state index in [0.29, 0.717) is 12.2 Å². The van der Waals surface area contributed by atoms with Crippen molar-refractivity contribution >= 4 is 33.6 Å². The SMILES string of the molecule is COc1cccnc1Cc1cc(Nc2nc(C)cn3c(C4=CN[I-]C=C4)cnc23)sn1. The molecule has 0 fully saturated rings. The topological polar surface area (TPSA) is 89.3 Å². The summed E-state index contributed by atoms with van der Waals surface area (Å²) >= 11 is 1.31. The van der Waals surface area contributed by atoms with Gasteiger partial charge >= 0.3 is 148 Å². The number of hydrogen-bond acceptors (Lipinski definition) is 8. The predicted octanol–water partition coefficient (Wildman–Crippen LogP) is 0.694. The Morgan fingerprint density at radius 1 is 1.32 bits per heavy atom. The molecule has 0 atom stereocenters. The van der Waals surface area contributed by atoms with E-state index in [-0.39, 0.29) is 21.5 Å². The first kappa shape index (κ1) is 19.9. The first-order chi connectivity index (χ1) is 15.2. The summed E-state index contributed by atoms with van der Waals surface area (Å²) in [6, 6.07) is 5.79. The fourth-order valence-electron chi connectivity index (χ4n) is 3.32. The molecule has 0 bridgehead atoms. The van der Waals surface area contributed by atoms with Crippen LogP contribution >= 0.6 is 11.5 Å². The summed E-state index contributed by atoms with van der Waals surface area (Å²) in [5.41, 5.74) is 5.60. The number of nitrogens with one attached hydrogen (secondary N) is 2. The number of halogens is 1. The molecule has 0 aromatic carbocycles. The average Bonchev–Trinajstić information content (AvgIpc) is 3.41. The van der Waals surface area contributed by atoms with Crippen molar-refractivity contribution in [2.24, 2.45) is 0 Å². The van der Waals surface area contributed by atoms with Crippen molar-refractivity contribution in [3.63, 3.8) is 0 Å². The number of rotatable bonds is 6. The maximum absolute atomic E-state index is 5.40. The fourth-order valence-corrected chi connectivity index (χ4v) is 5.28. The first-order valence-corrected chi connectivity index (χ1v) is 12.6. The average molecular weight is 544 g/mol. The molecular weight excluding hydrogens is 525 g/mol. The second-order valence-electron chi connectivity index (χ2n) is 6.82. The third-order valence-corrected chi connectivity index (χ3v) is 6.84. The number of anilines is 2. The van der Waals surface area contributed by atoms with Crippen LogP contribution in [-0.4, -0.2) is 30.8 Å². The van der Waals surface area contributed by atoms with Gasteiger partial charge in [-0.05, 0) is 12.1 Å². The monoisotopic (exact) mass is 544 g/mol. The van der Waals surface area contributed by atoms with E-state index in [2.05, 4.69) is 48.9 Å². The summed E-state index contributed by atoms with van der Waals surface area (Å²) in [6.45, 7) is 1.98. The van der Waals surface area contributed by atoms with Crippen molar-refractivity contribution in [3.05, 3.63) is 75.9 Å². The minimum absolute atomic E-state index is 0.0801. The zero-order valence-corrected chi connectivity index (χ0v) is 19.8. The first-order valence-electron chi connectivity index (χ1n) is 9.51. The number of imidazole rings is 1. The van der Waals surface area contributed by atoms with E-state index in [1.807, 2.05) is 37.5 Å². The van der Waals surface area contributed by atoms with Crippen LogP contribution in [0.25, 0.3) is 11.2 Å². The second kappa shape index (κ2) is 8.63. The number of fused-ring (bicyclic) bond motifs is 1. The molecule has 31 heavy (non-hydrogen) atoms. The number of methoxy groups -OCH3 is 1. The molecule has 0 radical (unpaired) electrons. The van der Waals surface area contributed by atoms with Crippen molar-refractivity contribution in [1.29, 1.82) is 0 Å². The molecule has 1 aliphatic heterocycles. The van der Waals surface area contributed by atoms with Crippen molar-refractivity contribution < 1.29 is 26.2 Å². The van der Waals surface area contributed by atoms with Crippen molar-refractivity contribution in [1.82, 2.24) is 27.3 Å². The van der Waals surface area contributed by atoms with Crippen LogP contribution in [0.1, 0.15) is 22.8 Å². The Labute approximate surface area is 193 Å². The molecule has 0 saturated heterocycles. The normalized spacial score (nSPS) is 13.4. The summed E-state index contributed by atoms with van der Waals surface area (Å²) < 4.78 is 17.6. The molecule has 158 valence electrons. The number of nitrogens with zero attached hydrogens (tertiary/aromatic N) is 5. The van der Waals surface area contributed by atoms with E-state index < -0.39 is 0 Å². The van der Waals surface area contributed by atoms with Gasteiger partial charge in [-0.15, -0.1) is 0 Å². The van der Waals surface area contributed by atoms with Crippen LogP contribution in [0.3, 0.4) is 0 Å². The van der Waals surface area contributed by atoms with Crippen molar-refractivity contribution in [2.75, 3.05) is 12.4 Å². The van der Waals surface area contributed by atoms with E-state index in [1.54, 1.807) is 13.3 Å². The van der Waals surface area contributed by atoms with Crippen molar-refractivity contribution in [3.8, 4) is 5.75 Å². The van der Waals surface area contributed by atoms with Gasteiger partial charge in [0.05, 0.1) is 12.8 Å². The van der Waals surface area contributed by atoms with E-state index in [4.69, 9.17) is 4.74 Å². The van der Waals surface area contributed by atoms with E-state index in [1.165, 1.54) is 11.5 Å². The minimum atomic E-state index is -0.0801. The zero-order valence-electron chi connectivity index (χ0n) is 16.8.